The minimum absolute atomic E-state index is 0.371. The molecular formula is C23H31N3O2. The van der Waals surface area contributed by atoms with Gasteiger partial charge in [0.05, 0.1) is 12.2 Å². The lowest BCUT2D eigenvalue weighted by atomic mass is 9.75. The zero-order valence-electron chi connectivity index (χ0n) is 17.2. The number of hydrogen-bond acceptors (Lipinski definition) is 5. The molecule has 0 spiro atoms. The molecule has 28 heavy (non-hydrogen) atoms. The molecule has 2 fully saturated rings. The first-order valence-corrected chi connectivity index (χ1v) is 10.6. The molecule has 2 aromatic rings. The average Bonchev–Trinajstić information content (AvgIpc) is 3.48. The van der Waals surface area contributed by atoms with Crippen molar-refractivity contribution < 1.29 is 9.84 Å². The van der Waals surface area contributed by atoms with Crippen LogP contribution in [0.25, 0.3) is 0 Å². The first-order chi connectivity index (χ1) is 13.5. The van der Waals surface area contributed by atoms with E-state index in [2.05, 4.69) is 40.9 Å². The van der Waals surface area contributed by atoms with E-state index in [0.717, 1.165) is 55.8 Å². The van der Waals surface area contributed by atoms with Crippen LogP contribution in [0.5, 0.6) is 5.88 Å². The molecule has 2 atom stereocenters. The van der Waals surface area contributed by atoms with E-state index in [0.29, 0.717) is 24.4 Å². The van der Waals surface area contributed by atoms with Gasteiger partial charge in [-0.2, -0.15) is 4.98 Å². The van der Waals surface area contributed by atoms with E-state index in [-0.39, 0.29) is 0 Å². The van der Waals surface area contributed by atoms with Gasteiger partial charge in [0.25, 0.3) is 0 Å². The highest BCUT2D eigenvalue weighted by molar-refractivity contribution is 5.29. The van der Waals surface area contributed by atoms with Crippen LogP contribution < -0.4 is 4.74 Å². The number of aliphatic hydroxyl groups is 1. The van der Waals surface area contributed by atoms with Crippen LogP contribution in [0.15, 0.2) is 24.5 Å². The Labute approximate surface area is 167 Å². The summed E-state index contributed by atoms with van der Waals surface area (Å²) in [6.45, 7) is 6.72. The third-order valence-electron chi connectivity index (χ3n) is 6.59. The highest BCUT2D eigenvalue weighted by Crippen LogP contribution is 2.47. The Morgan fingerprint density at radius 1 is 1.14 bits per heavy atom. The number of aryl methyl sites for hydroxylation is 2. The van der Waals surface area contributed by atoms with Gasteiger partial charge < -0.3 is 9.84 Å². The predicted octanol–water partition coefficient (Wildman–Crippen LogP) is 4.47. The molecule has 0 bridgehead atoms. The Morgan fingerprint density at radius 2 is 1.93 bits per heavy atom. The lowest BCUT2D eigenvalue weighted by Crippen LogP contribution is -2.32. The van der Waals surface area contributed by atoms with Crippen molar-refractivity contribution in [2.24, 2.45) is 5.92 Å². The summed E-state index contributed by atoms with van der Waals surface area (Å²) in [5.74, 6) is 2.86. The molecule has 0 saturated heterocycles. The van der Waals surface area contributed by atoms with E-state index < -0.39 is 5.60 Å². The Hall–Kier alpha value is -2.01. The number of hydrogen-bond donors (Lipinski definition) is 1. The fraction of sp³-hybridized carbons (Fsp3) is 0.609. The predicted molar refractivity (Wildman–Crippen MR) is 109 cm³/mol. The Bertz CT molecular complexity index is 813. The van der Waals surface area contributed by atoms with Crippen molar-refractivity contribution in [2.45, 2.75) is 76.7 Å². The SMILES string of the molecule is CCC1(O)CCC(c2cnc(C)nc2OC[C@H]2C[C@@H]2c2ccc(C)cn2)CC1. The second kappa shape index (κ2) is 7.78. The van der Waals surface area contributed by atoms with Gasteiger partial charge in [-0.1, -0.05) is 13.0 Å². The number of ether oxygens (including phenoxy) is 1. The van der Waals surface area contributed by atoms with Crippen LogP contribution in [0.4, 0.5) is 0 Å². The van der Waals surface area contributed by atoms with Crippen molar-refractivity contribution in [2.75, 3.05) is 6.61 Å². The summed E-state index contributed by atoms with van der Waals surface area (Å²) in [5.41, 5.74) is 2.98. The van der Waals surface area contributed by atoms with Gasteiger partial charge in [0.2, 0.25) is 5.88 Å². The topological polar surface area (TPSA) is 68.1 Å². The van der Waals surface area contributed by atoms with Crippen molar-refractivity contribution in [3.63, 3.8) is 0 Å². The van der Waals surface area contributed by atoms with Gasteiger partial charge in [0.15, 0.2) is 0 Å². The monoisotopic (exact) mass is 381 g/mol. The largest absolute Gasteiger partial charge is 0.477 e. The van der Waals surface area contributed by atoms with Crippen molar-refractivity contribution >= 4 is 0 Å². The van der Waals surface area contributed by atoms with Crippen LogP contribution in [0.1, 0.15) is 79.9 Å². The molecular weight excluding hydrogens is 350 g/mol. The van der Waals surface area contributed by atoms with Crippen LogP contribution in [0.3, 0.4) is 0 Å². The molecule has 4 rings (SSSR count). The third-order valence-corrected chi connectivity index (χ3v) is 6.59. The van der Waals surface area contributed by atoms with E-state index in [9.17, 15) is 5.11 Å². The van der Waals surface area contributed by atoms with Crippen LogP contribution >= 0.6 is 0 Å². The van der Waals surface area contributed by atoms with Crippen LogP contribution in [0, 0.1) is 19.8 Å². The standard InChI is InChI=1S/C23H31N3O2/c1-4-23(27)9-7-17(8-10-23)20-13-24-16(3)26-22(20)28-14-18-11-19(18)21-6-5-15(2)12-25-21/h5-6,12-13,17-19,27H,4,7-11,14H2,1-3H3/t17?,18-,19+,23?/m1/s1. The molecule has 0 aliphatic heterocycles. The minimum atomic E-state index is -0.495. The summed E-state index contributed by atoms with van der Waals surface area (Å²) >= 11 is 0. The molecule has 2 aliphatic carbocycles. The molecule has 5 nitrogen and oxygen atoms in total. The molecule has 2 saturated carbocycles. The lowest BCUT2D eigenvalue weighted by molar-refractivity contribution is -0.00449. The average molecular weight is 382 g/mol. The maximum absolute atomic E-state index is 10.5. The third kappa shape index (κ3) is 4.19. The van der Waals surface area contributed by atoms with Crippen LogP contribution in [-0.2, 0) is 0 Å². The summed E-state index contributed by atoms with van der Waals surface area (Å²) in [5, 5.41) is 10.5. The van der Waals surface area contributed by atoms with Crippen LogP contribution in [-0.4, -0.2) is 32.3 Å². The first-order valence-electron chi connectivity index (χ1n) is 10.6. The quantitative estimate of drug-likeness (QED) is 0.799. The number of aromatic nitrogens is 3. The summed E-state index contributed by atoms with van der Waals surface area (Å²) in [7, 11) is 0. The highest BCUT2D eigenvalue weighted by Gasteiger charge is 2.40. The minimum Gasteiger partial charge on any atom is -0.477 e. The van der Waals surface area contributed by atoms with Gasteiger partial charge in [-0.3, -0.25) is 4.98 Å². The van der Waals surface area contributed by atoms with Crippen molar-refractivity contribution in [1.82, 2.24) is 15.0 Å². The van der Waals surface area contributed by atoms with Crippen molar-refractivity contribution in [3.8, 4) is 5.88 Å². The van der Waals surface area contributed by atoms with E-state index in [1.54, 1.807) is 0 Å². The summed E-state index contributed by atoms with van der Waals surface area (Å²) in [6, 6.07) is 4.27. The summed E-state index contributed by atoms with van der Waals surface area (Å²) in [6.07, 6.45) is 9.43. The van der Waals surface area contributed by atoms with E-state index in [1.165, 1.54) is 11.3 Å². The normalized spacial score (nSPS) is 29.5. The summed E-state index contributed by atoms with van der Waals surface area (Å²) in [4.78, 5) is 13.6. The second-order valence-corrected chi connectivity index (χ2v) is 8.70. The lowest BCUT2D eigenvalue weighted by Gasteiger charge is -2.35. The molecule has 0 amide bonds. The van der Waals surface area contributed by atoms with E-state index >= 15 is 0 Å². The zero-order valence-corrected chi connectivity index (χ0v) is 17.2. The van der Waals surface area contributed by atoms with E-state index in [1.807, 2.05) is 19.3 Å². The molecule has 1 N–H and O–H groups in total. The zero-order chi connectivity index (χ0) is 19.7. The van der Waals surface area contributed by atoms with Gasteiger partial charge in [-0.25, -0.2) is 4.98 Å². The molecule has 5 heteroatoms. The van der Waals surface area contributed by atoms with Crippen molar-refractivity contribution in [3.05, 3.63) is 47.2 Å². The smallest absolute Gasteiger partial charge is 0.220 e. The Morgan fingerprint density at radius 3 is 2.61 bits per heavy atom. The molecule has 0 radical (unpaired) electrons. The number of rotatable bonds is 6. The summed E-state index contributed by atoms with van der Waals surface area (Å²) < 4.78 is 6.21. The van der Waals surface area contributed by atoms with Gasteiger partial charge in [-0.05, 0) is 69.9 Å². The number of nitrogens with zero attached hydrogens (tertiary/aromatic N) is 3. The maximum Gasteiger partial charge on any atom is 0.220 e. The van der Waals surface area contributed by atoms with Gasteiger partial charge >= 0.3 is 0 Å². The fourth-order valence-electron chi connectivity index (χ4n) is 4.35. The van der Waals surface area contributed by atoms with Crippen LogP contribution in [0.2, 0.25) is 0 Å². The number of pyridine rings is 1. The first kappa shape index (κ1) is 19.3. The van der Waals surface area contributed by atoms with Gasteiger partial charge in [0, 0.05) is 35.5 Å². The second-order valence-electron chi connectivity index (χ2n) is 8.70. The highest BCUT2D eigenvalue weighted by atomic mass is 16.5. The molecule has 0 aromatic carbocycles. The molecule has 2 aliphatic rings. The van der Waals surface area contributed by atoms with Gasteiger partial charge in [-0.15, -0.1) is 0 Å². The fourth-order valence-corrected chi connectivity index (χ4v) is 4.35. The Kier molecular flexibility index (Phi) is 5.37. The maximum atomic E-state index is 10.5. The molecule has 2 heterocycles. The molecule has 150 valence electrons. The van der Waals surface area contributed by atoms with E-state index in [4.69, 9.17) is 4.74 Å². The van der Waals surface area contributed by atoms with Gasteiger partial charge in [0.1, 0.15) is 5.82 Å². The molecule has 0 unspecified atom stereocenters. The van der Waals surface area contributed by atoms with Crippen molar-refractivity contribution in [1.29, 1.82) is 0 Å². The Balaban J connectivity index is 1.40. The molecule has 2 aromatic heterocycles.